The number of ether oxygens (including phenoxy) is 1. The molecule has 1 aliphatic heterocycles. The summed E-state index contributed by atoms with van der Waals surface area (Å²) in [5.74, 6) is 1.64. The predicted octanol–water partition coefficient (Wildman–Crippen LogP) is 2.52. The highest BCUT2D eigenvalue weighted by molar-refractivity contribution is 5.92. The van der Waals surface area contributed by atoms with Gasteiger partial charge in [0.05, 0.1) is 7.11 Å². The molecule has 3 rings (SSSR count). The molecule has 0 atom stereocenters. The highest BCUT2D eigenvalue weighted by Gasteiger charge is 2.25. The summed E-state index contributed by atoms with van der Waals surface area (Å²) in [5.41, 5.74) is 1.92. The number of benzene rings is 1. The predicted molar refractivity (Wildman–Crippen MR) is 88.5 cm³/mol. The van der Waals surface area contributed by atoms with Gasteiger partial charge in [-0.1, -0.05) is 18.2 Å². The van der Waals surface area contributed by atoms with Crippen LogP contribution in [-0.2, 0) is 13.5 Å². The van der Waals surface area contributed by atoms with E-state index in [1.54, 1.807) is 24.1 Å². The van der Waals surface area contributed by atoms with Crippen molar-refractivity contribution >= 4 is 5.91 Å². The second-order valence-electron chi connectivity index (χ2n) is 6.09. The summed E-state index contributed by atoms with van der Waals surface area (Å²) < 4.78 is 7.08. The summed E-state index contributed by atoms with van der Waals surface area (Å²) in [6.45, 7) is 1.62. The quantitative estimate of drug-likeness (QED) is 0.871. The number of amides is 1. The van der Waals surface area contributed by atoms with E-state index in [0.29, 0.717) is 11.6 Å². The van der Waals surface area contributed by atoms with Crippen LogP contribution in [0.5, 0.6) is 5.75 Å². The summed E-state index contributed by atoms with van der Waals surface area (Å²) in [5, 5.41) is 4.08. The zero-order valence-corrected chi connectivity index (χ0v) is 13.7. The molecule has 1 aromatic carbocycles. The van der Waals surface area contributed by atoms with E-state index in [-0.39, 0.29) is 5.91 Å². The molecule has 122 valence electrons. The molecule has 1 aromatic heterocycles. The average molecular weight is 313 g/mol. The van der Waals surface area contributed by atoms with Gasteiger partial charge in [-0.2, -0.15) is 5.10 Å². The summed E-state index contributed by atoms with van der Waals surface area (Å²) in [7, 11) is 3.52. The van der Waals surface area contributed by atoms with Gasteiger partial charge in [-0.25, -0.2) is 0 Å². The Morgan fingerprint density at radius 3 is 2.65 bits per heavy atom. The maximum atomic E-state index is 12.5. The van der Waals surface area contributed by atoms with E-state index in [2.05, 4.69) is 17.2 Å². The van der Waals surface area contributed by atoms with E-state index in [1.807, 2.05) is 24.1 Å². The number of rotatable bonds is 4. The molecule has 5 heteroatoms. The van der Waals surface area contributed by atoms with Crippen molar-refractivity contribution in [1.29, 1.82) is 0 Å². The van der Waals surface area contributed by atoms with E-state index in [0.717, 1.165) is 38.1 Å². The lowest BCUT2D eigenvalue weighted by Gasteiger charge is -2.32. The summed E-state index contributed by atoms with van der Waals surface area (Å²) >= 11 is 0. The smallest absolute Gasteiger partial charge is 0.272 e. The lowest BCUT2D eigenvalue weighted by Crippen LogP contribution is -2.39. The Hall–Kier alpha value is -2.30. The molecule has 0 spiro atoms. The van der Waals surface area contributed by atoms with Gasteiger partial charge >= 0.3 is 0 Å². The number of carbonyl (C=O) groups is 1. The van der Waals surface area contributed by atoms with Crippen molar-refractivity contribution in [1.82, 2.24) is 14.7 Å². The first-order chi connectivity index (χ1) is 11.2. The fraction of sp³-hybridized carbons (Fsp3) is 0.444. The highest BCUT2D eigenvalue weighted by atomic mass is 16.5. The molecule has 23 heavy (non-hydrogen) atoms. The number of hydrogen-bond acceptors (Lipinski definition) is 3. The molecule has 1 fully saturated rings. The van der Waals surface area contributed by atoms with Crippen LogP contribution in [0.3, 0.4) is 0 Å². The Morgan fingerprint density at radius 2 is 2.00 bits per heavy atom. The van der Waals surface area contributed by atoms with Gasteiger partial charge in [0.15, 0.2) is 0 Å². The van der Waals surface area contributed by atoms with Gasteiger partial charge in [0.1, 0.15) is 11.4 Å². The monoisotopic (exact) mass is 313 g/mol. The largest absolute Gasteiger partial charge is 0.496 e. The molecule has 0 radical (unpaired) electrons. The third-order valence-electron chi connectivity index (χ3n) is 4.64. The van der Waals surface area contributed by atoms with Gasteiger partial charge in [0, 0.05) is 26.3 Å². The van der Waals surface area contributed by atoms with E-state index >= 15 is 0 Å². The van der Waals surface area contributed by atoms with Crippen molar-refractivity contribution in [3.8, 4) is 5.75 Å². The van der Waals surface area contributed by atoms with Gasteiger partial charge in [-0.15, -0.1) is 0 Å². The molecule has 0 saturated carbocycles. The Bertz CT molecular complexity index is 672. The first-order valence-electron chi connectivity index (χ1n) is 8.08. The van der Waals surface area contributed by atoms with Gasteiger partial charge < -0.3 is 9.64 Å². The number of hydrogen-bond donors (Lipinski definition) is 0. The van der Waals surface area contributed by atoms with Crippen LogP contribution in [0.25, 0.3) is 0 Å². The van der Waals surface area contributed by atoms with Crippen LogP contribution in [0.2, 0.25) is 0 Å². The molecule has 0 N–H and O–H groups in total. The summed E-state index contributed by atoms with van der Waals surface area (Å²) in [4.78, 5) is 14.4. The maximum Gasteiger partial charge on any atom is 0.272 e. The Kier molecular flexibility index (Phi) is 4.65. The lowest BCUT2D eigenvalue weighted by molar-refractivity contribution is 0.0679. The molecule has 0 unspecified atom stereocenters. The van der Waals surface area contributed by atoms with Crippen LogP contribution >= 0.6 is 0 Å². The number of piperidine rings is 1. The first-order valence-corrected chi connectivity index (χ1v) is 8.08. The van der Waals surface area contributed by atoms with Crippen LogP contribution < -0.4 is 4.74 Å². The van der Waals surface area contributed by atoms with Crippen molar-refractivity contribution in [3.63, 3.8) is 0 Å². The third-order valence-corrected chi connectivity index (χ3v) is 4.64. The van der Waals surface area contributed by atoms with E-state index in [4.69, 9.17) is 4.74 Å². The number of para-hydroxylation sites is 1. The van der Waals surface area contributed by atoms with Gasteiger partial charge in [-0.05, 0) is 42.9 Å². The summed E-state index contributed by atoms with van der Waals surface area (Å²) in [6.07, 6.45) is 4.74. The van der Waals surface area contributed by atoms with Crippen LogP contribution in [-0.4, -0.2) is 40.8 Å². The van der Waals surface area contributed by atoms with E-state index < -0.39 is 0 Å². The van der Waals surface area contributed by atoms with Gasteiger partial charge in [0.25, 0.3) is 5.91 Å². The molecule has 1 amide bonds. The molecule has 5 nitrogen and oxygen atoms in total. The maximum absolute atomic E-state index is 12.5. The molecule has 2 heterocycles. The first kappa shape index (κ1) is 15.6. The molecule has 0 bridgehead atoms. The zero-order chi connectivity index (χ0) is 16.2. The van der Waals surface area contributed by atoms with Crippen molar-refractivity contribution in [3.05, 3.63) is 47.8 Å². The molecule has 0 aliphatic carbocycles. The van der Waals surface area contributed by atoms with Gasteiger partial charge in [0.2, 0.25) is 0 Å². The average Bonchev–Trinajstić information content (AvgIpc) is 3.01. The van der Waals surface area contributed by atoms with Crippen molar-refractivity contribution in [2.24, 2.45) is 13.0 Å². The fourth-order valence-electron chi connectivity index (χ4n) is 3.27. The number of methoxy groups -OCH3 is 1. The number of carbonyl (C=O) groups excluding carboxylic acids is 1. The standard InChI is InChI=1S/C18H23N3O2/c1-20-16(7-10-19-20)18(22)21-11-8-14(9-12-21)13-15-5-3-4-6-17(15)23-2/h3-7,10,14H,8-9,11-13H2,1-2H3. The Morgan fingerprint density at radius 1 is 1.26 bits per heavy atom. The minimum absolute atomic E-state index is 0.0840. The lowest BCUT2D eigenvalue weighted by atomic mass is 9.89. The molecule has 1 aliphatic rings. The van der Waals surface area contributed by atoms with Crippen LogP contribution in [0.1, 0.15) is 28.9 Å². The fourth-order valence-corrected chi connectivity index (χ4v) is 3.27. The molecular weight excluding hydrogens is 290 g/mol. The number of aromatic nitrogens is 2. The van der Waals surface area contributed by atoms with Crippen LogP contribution in [0.4, 0.5) is 0 Å². The number of likely N-dealkylation sites (tertiary alicyclic amines) is 1. The van der Waals surface area contributed by atoms with E-state index in [9.17, 15) is 4.79 Å². The topological polar surface area (TPSA) is 47.4 Å². The van der Waals surface area contributed by atoms with Crippen LogP contribution in [0.15, 0.2) is 36.5 Å². The van der Waals surface area contributed by atoms with Crippen molar-refractivity contribution in [2.75, 3.05) is 20.2 Å². The summed E-state index contributed by atoms with van der Waals surface area (Å²) in [6, 6.07) is 9.97. The third kappa shape index (κ3) is 3.38. The number of aryl methyl sites for hydroxylation is 1. The van der Waals surface area contributed by atoms with Crippen molar-refractivity contribution in [2.45, 2.75) is 19.3 Å². The molecule has 1 saturated heterocycles. The van der Waals surface area contributed by atoms with Crippen molar-refractivity contribution < 1.29 is 9.53 Å². The molecule has 2 aromatic rings. The van der Waals surface area contributed by atoms with E-state index in [1.165, 1.54) is 5.56 Å². The minimum atomic E-state index is 0.0840. The second-order valence-corrected chi connectivity index (χ2v) is 6.09. The normalized spacial score (nSPS) is 15.7. The Labute approximate surface area is 136 Å². The zero-order valence-electron chi connectivity index (χ0n) is 13.7. The number of nitrogens with zero attached hydrogens (tertiary/aromatic N) is 3. The second kappa shape index (κ2) is 6.86. The Balaban J connectivity index is 1.58. The minimum Gasteiger partial charge on any atom is -0.496 e. The molecular formula is C18H23N3O2. The highest BCUT2D eigenvalue weighted by Crippen LogP contribution is 2.27. The van der Waals surface area contributed by atoms with Crippen LogP contribution in [0, 0.1) is 5.92 Å². The SMILES string of the molecule is COc1ccccc1CC1CCN(C(=O)c2ccnn2C)CC1. The van der Waals surface area contributed by atoms with Gasteiger partial charge in [-0.3, -0.25) is 9.48 Å².